The van der Waals surface area contributed by atoms with Gasteiger partial charge in [-0.05, 0) is 49.9 Å². The van der Waals surface area contributed by atoms with Gasteiger partial charge in [-0.3, -0.25) is 0 Å². The maximum Gasteiger partial charge on any atom is 0.315 e. The fourth-order valence-electron chi connectivity index (χ4n) is 2.97. The summed E-state index contributed by atoms with van der Waals surface area (Å²) >= 11 is 0. The number of urea groups is 1. The van der Waals surface area contributed by atoms with Crippen molar-refractivity contribution in [3.63, 3.8) is 0 Å². The summed E-state index contributed by atoms with van der Waals surface area (Å²) in [5.74, 6) is 1.49. The number of hydrogen-bond donors (Lipinski definition) is 2. The first-order chi connectivity index (χ1) is 12.6. The van der Waals surface area contributed by atoms with E-state index in [0.717, 1.165) is 29.9 Å². The van der Waals surface area contributed by atoms with Crippen molar-refractivity contribution >= 4 is 6.03 Å². The minimum Gasteiger partial charge on any atom is -0.486 e. The normalized spacial score (nSPS) is 15.0. The van der Waals surface area contributed by atoms with Crippen LogP contribution in [0.2, 0.25) is 0 Å². The molecule has 0 unspecified atom stereocenters. The lowest BCUT2D eigenvalue weighted by Gasteiger charge is -2.22. The molecular formula is C21H26N2O3. The predicted octanol–water partition coefficient (Wildman–Crippen LogP) is 3.84. The van der Waals surface area contributed by atoms with Crippen LogP contribution < -0.4 is 20.1 Å². The van der Waals surface area contributed by atoms with Gasteiger partial charge in [0, 0.05) is 6.04 Å². The second-order valence-electron chi connectivity index (χ2n) is 6.67. The van der Waals surface area contributed by atoms with Crippen LogP contribution in [0.1, 0.15) is 37.4 Å². The summed E-state index contributed by atoms with van der Waals surface area (Å²) in [5.41, 5.74) is 2.27. The van der Waals surface area contributed by atoms with Gasteiger partial charge in [-0.15, -0.1) is 0 Å². The molecule has 0 spiro atoms. The maximum absolute atomic E-state index is 12.3. The number of carbonyl (C=O) groups is 1. The van der Waals surface area contributed by atoms with Gasteiger partial charge in [0.25, 0.3) is 0 Å². The van der Waals surface area contributed by atoms with Crippen LogP contribution in [0, 0.1) is 0 Å². The standard InChI is InChI=1S/C21H26N2O3/c1-15(8-9-17-6-4-3-5-7-17)22-21(24)23-16(2)18-10-11-19-20(14-18)26-13-12-25-19/h3-7,10-11,14-16H,8-9,12-13H2,1-2H3,(H2,22,23,24)/t15-,16-/m0/s1. The third-order valence-electron chi connectivity index (χ3n) is 4.50. The number of carbonyl (C=O) groups excluding carboxylic acids is 1. The topological polar surface area (TPSA) is 59.6 Å². The van der Waals surface area contributed by atoms with Crippen molar-refractivity contribution in [3.8, 4) is 11.5 Å². The molecule has 1 aliphatic heterocycles. The molecule has 0 bridgehead atoms. The Kier molecular flexibility index (Phi) is 6.00. The average molecular weight is 354 g/mol. The molecule has 5 nitrogen and oxygen atoms in total. The monoisotopic (exact) mass is 354 g/mol. The van der Waals surface area contributed by atoms with Gasteiger partial charge >= 0.3 is 6.03 Å². The van der Waals surface area contributed by atoms with E-state index in [1.165, 1.54) is 5.56 Å². The highest BCUT2D eigenvalue weighted by molar-refractivity contribution is 5.74. The summed E-state index contributed by atoms with van der Waals surface area (Å²) in [6.45, 7) is 5.11. The van der Waals surface area contributed by atoms with Gasteiger partial charge in [-0.1, -0.05) is 36.4 Å². The first-order valence-electron chi connectivity index (χ1n) is 9.12. The summed E-state index contributed by atoms with van der Waals surface area (Å²) in [6.07, 6.45) is 1.84. The smallest absolute Gasteiger partial charge is 0.315 e. The van der Waals surface area contributed by atoms with E-state index in [-0.39, 0.29) is 18.1 Å². The Hall–Kier alpha value is -2.69. The summed E-state index contributed by atoms with van der Waals surface area (Å²) in [7, 11) is 0. The highest BCUT2D eigenvalue weighted by Crippen LogP contribution is 2.32. The quantitative estimate of drug-likeness (QED) is 0.829. The van der Waals surface area contributed by atoms with Crippen molar-refractivity contribution in [3.05, 3.63) is 59.7 Å². The van der Waals surface area contributed by atoms with Crippen molar-refractivity contribution in [2.45, 2.75) is 38.8 Å². The third kappa shape index (κ3) is 4.91. The number of hydrogen-bond acceptors (Lipinski definition) is 3. The van der Waals surface area contributed by atoms with Crippen LogP contribution in [-0.4, -0.2) is 25.3 Å². The molecule has 2 amide bonds. The summed E-state index contributed by atoms with van der Waals surface area (Å²) in [4.78, 5) is 12.3. The number of nitrogens with one attached hydrogen (secondary N) is 2. The number of amides is 2. The largest absolute Gasteiger partial charge is 0.486 e. The van der Waals surface area contributed by atoms with E-state index >= 15 is 0 Å². The molecule has 5 heteroatoms. The second-order valence-corrected chi connectivity index (χ2v) is 6.67. The van der Waals surface area contributed by atoms with Crippen molar-refractivity contribution < 1.29 is 14.3 Å². The van der Waals surface area contributed by atoms with Crippen molar-refractivity contribution in [2.24, 2.45) is 0 Å². The summed E-state index contributed by atoms with van der Waals surface area (Å²) < 4.78 is 11.1. The zero-order chi connectivity index (χ0) is 18.4. The van der Waals surface area contributed by atoms with Crippen LogP contribution in [-0.2, 0) is 6.42 Å². The maximum atomic E-state index is 12.3. The molecule has 2 N–H and O–H groups in total. The van der Waals surface area contributed by atoms with Gasteiger partial charge in [0.15, 0.2) is 11.5 Å². The van der Waals surface area contributed by atoms with E-state index in [4.69, 9.17) is 9.47 Å². The SMILES string of the molecule is C[C@H](NC(=O)N[C@@H](C)CCc1ccccc1)c1ccc2c(c1)OCCO2. The highest BCUT2D eigenvalue weighted by atomic mass is 16.6. The van der Waals surface area contributed by atoms with E-state index in [1.807, 2.05) is 50.2 Å². The van der Waals surface area contributed by atoms with Crippen LogP contribution in [0.4, 0.5) is 4.79 Å². The molecule has 2 atom stereocenters. The minimum absolute atomic E-state index is 0.0997. The zero-order valence-corrected chi connectivity index (χ0v) is 15.3. The molecule has 0 saturated heterocycles. The molecule has 2 aromatic rings. The van der Waals surface area contributed by atoms with E-state index < -0.39 is 0 Å². The summed E-state index contributed by atoms with van der Waals surface area (Å²) in [5, 5.41) is 5.99. The van der Waals surface area contributed by atoms with Crippen molar-refractivity contribution in [1.29, 1.82) is 0 Å². The van der Waals surface area contributed by atoms with Crippen LogP contribution >= 0.6 is 0 Å². The zero-order valence-electron chi connectivity index (χ0n) is 15.3. The van der Waals surface area contributed by atoms with Gasteiger partial charge in [0.05, 0.1) is 6.04 Å². The van der Waals surface area contributed by atoms with Gasteiger partial charge < -0.3 is 20.1 Å². The second kappa shape index (κ2) is 8.61. The lowest BCUT2D eigenvalue weighted by molar-refractivity contribution is 0.171. The first-order valence-corrected chi connectivity index (χ1v) is 9.12. The molecule has 3 rings (SSSR count). The number of benzene rings is 2. The van der Waals surface area contributed by atoms with E-state index in [1.54, 1.807) is 0 Å². The number of rotatable bonds is 6. The molecule has 1 aliphatic rings. The minimum atomic E-state index is -0.159. The molecule has 0 saturated carbocycles. The van der Waals surface area contributed by atoms with Crippen LogP contribution in [0.3, 0.4) is 0 Å². The molecule has 0 radical (unpaired) electrons. The fourth-order valence-corrected chi connectivity index (χ4v) is 2.97. The molecular weight excluding hydrogens is 328 g/mol. The lowest BCUT2D eigenvalue weighted by Crippen LogP contribution is -2.41. The van der Waals surface area contributed by atoms with E-state index in [9.17, 15) is 4.79 Å². The Balaban J connectivity index is 1.48. The van der Waals surface area contributed by atoms with E-state index in [2.05, 4.69) is 22.8 Å². The molecule has 138 valence electrons. The first kappa shape index (κ1) is 18.1. The number of ether oxygens (including phenoxy) is 2. The molecule has 0 aliphatic carbocycles. The Morgan fingerprint density at radius 1 is 1.00 bits per heavy atom. The van der Waals surface area contributed by atoms with Gasteiger partial charge in [0.2, 0.25) is 0 Å². The van der Waals surface area contributed by atoms with Crippen LogP contribution in [0.25, 0.3) is 0 Å². The van der Waals surface area contributed by atoms with E-state index in [0.29, 0.717) is 13.2 Å². The average Bonchev–Trinajstić information content (AvgIpc) is 2.66. The highest BCUT2D eigenvalue weighted by Gasteiger charge is 2.16. The third-order valence-corrected chi connectivity index (χ3v) is 4.50. The molecule has 26 heavy (non-hydrogen) atoms. The Morgan fingerprint density at radius 2 is 1.73 bits per heavy atom. The Morgan fingerprint density at radius 3 is 2.50 bits per heavy atom. The van der Waals surface area contributed by atoms with Crippen LogP contribution in [0.5, 0.6) is 11.5 Å². The molecule has 0 aromatic heterocycles. The lowest BCUT2D eigenvalue weighted by atomic mass is 10.1. The predicted molar refractivity (Wildman–Crippen MR) is 102 cm³/mol. The van der Waals surface area contributed by atoms with Crippen molar-refractivity contribution in [1.82, 2.24) is 10.6 Å². The van der Waals surface area contributed by atoms with Crippen molar-refractivity contribution in [2.75, 3.05) is 13.2 Å². The molecule has 0 fully saturated rings. The van der Waals surface area contributed by atoms with Gasteiger partial charge in [-0.25, -0.2) is 4.79 Å². The number of aryl methyl sites for hydroxylation is 1. The van der Waals surface area contributed by atoms with Crippen LogP contribution in [0.15, 0.2) is 48.5 Å². The Labute approximate surface area is 154 Å². The Bertz CT molecular complexity index is 733. The fraction of sp³-hybridized carbons (Fsp3) is 0.381. The molecule has 1 heterocycles. The number of fused-ring (bicyclic) bond motifs is 1. The molecule has 2 aromatic carbocycles. The van der Waals surface area contributed by atoms with Gasteiger partial charge in [0.1, 0.15) is 13.2 Å². The summed E-state index contributed by atoms with van der Waals surface area (Å²) in [6, 6.07) is 15.9. The van der Waals surface area contributed by atoms with Gasteiger partial charge in [-0.2, -0.15) is 0 Å².